The van der Waals surface area contributed by atoms with Gasteiger partial charge in [-0.2, -0.15) is 15.1 Å². The maximum absolute atomic E-state index is 4.48. The molecule has 3 rings (SSSR count). The van der Waals surface area contributed by atoms with Gasteiger partial charge in [-0.1, -0.05) is 0 Å². The summed E-state index contributed by atoms with van der Waals surface area (Å²) in [6.07, 6.45) is 3.48. The Labute approximate surface area is 122 Å². The average Bonchev–Trinajstić information content (AvgIpc) is 3.06. The molecule has 0 fully saturated rings. The predicted octanol–water partition coefficient (Wildman–Crippen LogP) is 1.44. The minimum absolute atomic E-state index is 0.572. The first-order valence-electron chi connectivity index (χ1n) is 6.85. The van der Waals surface area contributed by atoms with Crippen LogP contribution in [-0.4, -0.2) is 36.3 Å². The molecule has 3 aromatic rings. The molecule has 3 N–H and O–H groups in total. The van der Waals surface area contributed by atoms with Gasteiger partial charge < -0.3 is 15.6 Å². The maximum Gasteiger partial charge on any atom is 0.226 e. The summed E-state index contributed by atoms with van der Waals surface area (Å²) in [5.74, 6) is 1.30. The standard InChI is InChI=1S/C13H18N8/c1-4-14-13-19-11(10-12(20-13)17-7-16-10)15-5-9-6-18-21(3)8(9)2/h6-7H,4-5H2,1-3H3,(H3,14,15,16,17,19,20). The lowest BCUT2D eigenvalue weighted by Gasteiger charge is -2.08. The zero-order valence-corrected chi connectivity index (χ0v) is 12.3. The Hall–Kier alpha value is -2.64. The molecule has 3 heterocycles. The Kier molecular flexibility index (Phi) is 3.43. The third kappa shape index (κ3) is 2.51. The van der Waals surface area contributed by atoms with Gasteiger partial charge in [-0.25, -0.2) is 4.98 Å². The van der Waals surface area contributed by atoms with Crippen LogP contribution in [0, 0.1) is 6.92 Å². The van der Waals surface area contributed by atoms with Crippen molar-refractivity contribution in [3.63, 3.8) is 0 Å². The van der Waals surface area contributed by atoms with Crippen molar-refractivity contribution in [1.29, 1.82) is 0 Å². The number of anilines is 2. The van der Waals surface area contributed by atoms with Crippen molar-refractivity contribution < 1.29 is 0 Å². The van der Waals surface area contributed by atoms with Crippen LogP contribution in [0.4, 0.5) is 11.8 Å². The molecule has 0 aliphatic rings. The van der Waals surface area contributed by atoms with Gasteiger partial charge in [0.2, 0.25) is 5.95 Å². The zero-order valence-electron chi connectivity index (χ0n) is 12.3. The molecule has 0 amide bonds. The van der Waals surface area contributed by atoms with Crippen LogP contribution >= 0.6 is 0 Å². The lowest BCUT2D eigenvalue weighted by Crippen LogP contribution is -2.08. The monoisotopic (exact) mass is 286 g/mol. The van der Waals surface area contributed by atoms with Crippen molar-refractivity contribution in [2.24, 2.45) is 7.05 Å². The summed E-state index contributed by atoms with van der Waals surface area (Å²) in [5, 5.41) is 10.7. The number of aryl methyl sites for hydroxylation is 1. The van der Waals surface area contributed by atoms with E-state index in [1.165, 1.54) is 0 Å². The molecule has 0 bridgehead atoms. The lowest BCUT2D eigenvalue weighted by atomic mass is 10.2. The second-order valence-electron chi connectivity index (χ2n) is 4.76. The highest BCUT2D eigenvalue weighted by atomic mass is 15.3. The second-order valence-corrected chi connectivity index (χ2v) is 4.76. The summed E-state index contributed by atoms with van der Waals surface area (Å²) >= 11 is 0. The number of imidazole rings is 1. The number of hydrogen-bond donors (Lipinski definition) is 3. The Morgan fingerprint density at radius 3 is 2.86 bits per heavy atom. The third-order valence-corrected chi connectivity index (χ3v) is 3.40. The quantitative estimate of drug-likeness (QED) is 0.656. The fourth-order valence-corrected chi connectivity index (χ4v) is 2.09. The van der Waals surface area contributed by atoms with Gasteiger partial charge in [0.1, 0.15) is 5.52 Å². The van der Waals surface area contributed by atoms with Gasteiger partial charge in [-0.3, -0.25) is 4.68 Å². The lowest BCUT2D eigenvalue weighted by molar-refractivity contribution is 0.738. The van der Waals surface area contributed by atoms with Crippen LogP contribution < -0.4 is 10.6 Å². The molecule has 0 spiro atoms. The average molecular weight is 286 g/mol. The summed E-state index contributed by atoms with van der Waals surface area (Å²) < 4.78 is 1.85. The number of H-pyrrole nitrogens is 1. The highest BCUT2D eigenvalue weighted by Gasteiger charge is 2.10. The van der Waals surface area contributed by atoms with Gasteiger partial charge in [-0.05, 0) is 13.8 Å². The van der Waals surface area contributed by atoms with Crippen LogP contribution in [0.15, 0.2) is 12.5 Å². The molecule has 0 saturated carbocycles. The number of aromatic amines is 1. The fourth-order valence-electron chi connectivity index (χ4n) is 2.09. The number of hydrogen-bond acceptors (Lipinski definition) is 6. The molecule has 8 nitrogen and oxygen atoms in total. The number of nitrogens with one attached hydrogen (secondary N) is 3. The van der Waals surface area contributed by atoms with E-state index in [4.69, 9.17) is 0 Å². The van der Waals surface area contributed by atoms with Crippen LogP contribution in [0.3, 0.4) is 0 Å². The van der Waals surface area contributed by atoms with E-state index in [0.717, 1.165) is 29.1 Å². The first-order chi connectivity index (χ1) is 10.2. The van der Waals surface area contributed by atoms with E-state index in [9.17, 15) is 0 Å². The van der Waals surface area contributed by atoms with Gasteiger partial charge in [0.15, 0.2) is 11.5 Å². The molecule has 110 valence electrons. The maximum atomic E-state index is 4.48. The minimum Gasteiger partial charge on any atom is -0.364 e. The summed E-state index contributed by atoms with van der Waals surface area (Å²) in [6, 6.07) is 0. The first-order valence-corrected chi connectivity index (χ1v) is 6.85. The van der Waals surface area contributed by atoms with Crippen molar-refractivity contribution in [2.75, 3.05) is 17.2 Å². The molecular weight excluding hydrogens is 268 g/mol. The van der Waals surface area contributed by atoms with E-state index < -0.39 is 0 Å². The topological polar surface area (TPSA) is 96.3 Å². The minimum atomic E-state index is 0.572. The summed E-state index contributed by atoms with van der Waals surface area (Å²) in [4.78, 5) is 16.1. The van der Waals surface area contributed by atoms with E-state index in [2.05, 4.69) is 35.7 Å². The highest BCUT2D eigenvalue weighted by Crippen LogP contribution is 2.19. The summed E-state index contributed by atoms with van der Waals surface area (Å²) in [7, 11) is 1.93. The molecule has 0 aliphatic carbocycles. The van der Waals surface area contributed by atoms with Crippen LogP contribution in [0.25, 0.3) is 11.2 Å². The Morgan fingerprint density at radius 2 is 2.14 bits per heavy atom. The van der Waals surface area contributed by atoms with Gasteiger partial charge in [0, 0.05) is 31.4 Å². The van der Waals surface area contributed by atoms with Crippen LogP contribution in [-0.2, 0) is 13.6 Å². The summed E-state index contributed by atoms with van der Waals surface area (Å²) in [6.45, 7) is 5.46. The van der Waals surface area contributed by atoms with Gasteiger partial charge in [-0.15, -0.1) is 0 Å². The molecule has 0 aliphatic heterocycles. The zero-order chi connectivity index (χ0) is 14.8. The van der Waals surface area contributed by atoms with Crippen LogP contribution in [0.2, 0.25) is 0 Å². The Morgan fingerprint density at radius 1 is 1.29 bits per heavy atom. The van der Waals surface area contributed by atoms with Crippen molar-refractivity contribution >= 4 is 22.9 Å². The number of fused-ring (bicyclic) bond motifs is 1. The molecule has 0 aromatic carbocycles. The molecule has 8 heteroatoms. The van der Waals surface area contributed by atoms with Gasteiger partial charge in [0.25, 0.3) is 0 Å². The van der Waals surface area contributed by atoms with E-state index in [-0.39, 0.29) is 0 Å². The van der Waals surface area contributed by atoms with Crippen molar-refractivity contribution in [3.05, 3.63) is 23.8 Å². The van der Waals surface area contributed by atoms with Gasteiger partial charge in [0.05, 0.1) is 12.5 Å². The van der Waals surface area contributed by atoms with Crippen molar-refractivity contribution in [2.45, 2.75) is 20.4 Å². The fraction of sp³-hybridized carbons (Fsp3) is 0.385. The molecule has 0 unspecified atom stereocenters. The number of aromatic nitrogens is 6. The van der Waals surface area contributed by atoms with E-state index in [1.54, 1.807) is 6.33 Å². The molecule has 0 radical (unpaired) electrons. The Balaban J connectivity index is 1.88. The molecule has 3 aromatic heterocycles. The van der Waals surface area contributed by atoms with E-state index >= 15 is 0 Å². The van der Waals surface area contributed by atoms with Crippen LogP contribution in [0.1, 0.15) is 18.2 Å². The third-order valence-electron chi connectivity index (χ3n) is 3.40. The highest BCUT2D eigenvalue weighted by molar-refractivity contribution is 5.83. The summed E-state index contributed by atoms with van der Waals surface area (Å²) in [5.41, 5.74) is 3.71. The smallest absolute Gasteiger partial charge is 0.226 e. The van der Waals surface area contributed by atoms with Crippen molar-refractivity contribution in [3.8, 4) is 0 Å². The SMILES string of the molecule is CCNc1nc(NCc2cnn(C)c2C)c2[nH]cnc2n1. The second kappa shape index (κ2) is 5.39. The number of nitrogens with zero attached hydrogens (tertiary/aromatic N) is 5. The molecule has 21 heavy (non-hydrogen) atoms. The molecular formula is C13H18N8. The van der Waals surface area contributed by atoms with E-state index in [0.29, 0.717) is 18.1 Å². The largest absolute Gasteiger partial charge is 0.364 e. The van der Waals surface area contributed by atoms with E-state index in [1.807, 2.05) is 31.8 Å². The number of rotatable bonds is 5. The Bertz CT molecular complexity index is 757. The van der Waals surface area contributed by atoms with Crippen molar-refractivity contribution in [1.82, 2.24) is 29.7 Å². The first kappa shape index (κ1) is 13.3. The predicted molar refractivity (Wildman–Crippen MR) is 81.1 cm³/mol. The normalized spacial score (nSPS) is 11.0. The molecule has 0 atom stereocenters. The van der Waals surface area contributed by atoms with Gasteiger partial charge >= 0.3 is 0 Å². The molecule has 0 saturated heterocycles. The van der Waals surface area contributed by atoms with Crippen LogP contribution in [0.5, 0.6) is 0 Å².